The quantitative estimate of drug-likeness (QED) is 0.730. The van der Waals surface area contributed by atoms with Gasteiger partial charge >= 0.3 is 0 Å². The number of hydrogen-bond donors (Lipinski definition) is 2. The van der Waals surface area contributed by atoms with E-state index in [0.29, 0.717) is 5.15 Å². The summed E-state index contributed by atoms with van der Waals surface area (Å²) in [5, 5.41) is 5.13. The number of nitrogens with one attached hydrogen (secondary N) is 2. The second-order valence-corrected chi connectivity index (χ2v) is 5.41. The maximum atomic E-state index is 5.88. The number of benzene rings is 1. The monoisotopic (exact) mass is 262 g/mol. The van der Waals surface area contributed by atoms with Crippen LogP contribution in [0.25, 0.3) is 4.90 Å². The molecule has 0 fully saturated rings. The van der Waals surface area contributed by atoms with Crippen molar-refractivity contribution in [1.29, 1.82) is 0 Å². The summed E-state index contributed by atoms with van der Waals surface area (Å²) in [4.78, 5) is 1.14. The van der Waals surface area contributed by atoms with E-state index in [1.165, 1.54) is 9.88 Å². The molecule has 0 spiro atoms. The molecule has 0 aliphatic heterocycles. The Labute approximate surface area is 100 Å². The normalized spacial score (nSPS) is 11.5. The maximum Gasteiger partial charge on any atom is 0.204 e. The molecule has 2 aromatic rings. The molecular formula is C9H10Cl2N3S+. The van der Waals surface area contributed by atoms with E-state index in [-0.39, 0.29) is 10.7 Å². The predicted octanol–water partition coefficient (Wildman–Crippen LogP) is 3.97. The summed E-state index contributed by atoms with van der Waals surface area (Å²) in [6, 6.07) is 8.24. The molecule has 1 aromatic carbocycles. The van der Waals surface area contributed by atoms with E-state index >= 15 is 0 Å². The molecule has 0 aliphatic rings. The largest absolute Gasteiger partial charge is 0.250 e. The van der Waals surface area contributed by atoms with E-state index in [1.54, 1.807) is 0 Å². The van der Waals surface area contributed by atoms with E-state index in [1.807, 2.05) is 5.38 Å². The van der Waals surface area contributed by atoms with Gasteiger partial charge in [-0.05, 0) is 6.92 Å². The van der Waals surface area contributed by atoms with Gasteiger partial charge in [-0.15, -0.1) is 0 Å². The third-order valence-corrected chi connectivity index (χ3v) is 4.10. The highest BCUT2D eigenvalue weighted by atomic mass is 35.5. The van der Waals surface area contributed by atoms with E-state index in [0.717, 1.165) is 4.90 Å². The lowest BCUT2D eigenvalue weighted by atomic mass is 10.2. The number of aromatic nitrogens is 3. The van der Waals surface area contributed by atoms with Gasteiger partial charge in [0, 0.05) is 12.1 Å². The van der Waals surface area contributed by atoms with Crippen LogP contribution < -0.4 is 0 Å². The second-order valence-electron chi connectivity index (χ2n) is 3.10. The first-order valence-corrected chi connectivity index (χ1v) is 6.31. The van der Waals surface area contributed by atoms with Crippen LogP contribution in [0.3, 0.4) is 0 Å². The zero-order valence-corrected chi connectivity index (χ0v) is 10.3. The summed E-state index contributed by atoms with van der Waals surface area (Å²) in [5.41, 5.74) is 1.23. The van der Waals surface area contributed by atoms with Crippen molar-refractivity contribution in [2.24, 2.45) is 0 Å². The highest BCUT2D eigenvalue weighted by Gasteiger charge is 2.09. The molecule has 0 aliphatic carbocycles. The second kappa shape index (κ2) is 4.35. The van der Waals surface area contributed by atoms with Gasteiger partial charge in [-0.25, -0.2) is 0 Å². The highest BCUT2D eigenvalue weighted by molar-refractivity contribution is 7.33. The number of halogens is 2. The molecule has 2 rings (SSSR count). The standard InChI is InChI=1S/C9H10Cl2N3S/c1-7-2-4-8(5-3-7)15-6-9(10)12-14(11)13-15/h2-6,12-13H,1H3/q+1. The number of aromatic amines is 2. The summed E-state index contributed by atoms with van der Waals surface area (Å²) in [6.45, 7) is 2.05. The van der Waals surface area contributed by atoms with E-state index < -0.39 is 0 Å². The lowest BCUT2D eigenvalue weighted by molar-refractivity contribution is 0.832. The Hall–Kier alpha value is -0.840. The molecule has 0 saturated carbocycles. The molecule has 1 unspecified atom stereocenters. The van der Waals surface area contributed by atoms with Gasteiger partial charge in [0.05, 0.1) is 11.8 Å². The van der Waals surface area contributed by atoms with Gasteiger partial charge in [0.1, 0.15) is 10.7 Å². The van der Waals surface area contributed by atoms with Crippen LogP contribution in [0, 0.1) is 6.92 Å². The minimum absolute atomic E-state index is 0.289. The molecule has 1 atom stereocenters. The van der Waals surface area contributed by atoms with Gasteiger partial charge in [0.25, 0.3) is 0 Å². The maximum absolute atomic E-state index is 5.88. The van der Waals surface area contributed by atoms with Crippen LogP contribution in [0.5, 0.6) is 0 Å². The van der Waals surface area contributed by atoms with Crippen LogP contribution >= 0.6 is 34.0 Å². The Kier molecular flexibility index (Phi) is 3.09. The molecule has 0 radical (unpaired) electrons. The third-order valence-electron chi connectivity index (χ3n) is 1.88. The minimum atomic E-state index is -0.289. The van der Waals surface area contributed by atoms with Gasteiger partial charge in [0.2, 0.25) is 10.3 Å². The van der Waals surface area contributed by atoms with Gasteiger partial charge < -0.3 is 0 Å². The van der Waals surface area contributed by atoms with Crippen LogP contribution in [0.1, 0.15) is 5.56 Å². The molecular weight excluding hydrogens is 253 g/mol. The zero-order valence-electron chi connectivity index (χ0n) is 8.00. The summed E-state index contributed by atoms with van der Waals surface area (Å²) in [7, 11) is -0.289. The van der Waals surface area contributed by atoms with E-state index in [9.17, 15) is 0 Å². The Morgan fingerprint density at radius 2 is 1.93 bits per heavy atom. The Morgan fingerprint density at radius 3 is 2.53 bits per heavy atom. The zero-order chi connectivity index (χ0) is 10.8. The first-order chi connectivity index (χ1) is 7.15. The van der Waals surface area contributed by atoms with Gasteiger partial charge in [-0.3, -0.25) is 5.10 Å². The number of nitrogens with zero attached hydrogens (tertiary/aromatic N) is 1. The number of rotatable bonds is 1. The first kappa shape index (κ1) is 10.7. The smallest absolute Gasteiger partial charge is 0.204 e. The third kappa shape index (κ3) is 2.59. The minimum Gasteiger partial charge on any atom is -0.250 e. The van der Waals surface area contributed by atoms with Crippen molar-refractivity contribution in [3.05, 3.63) is 40.4 Å². The molecule has 15 heavy (non-hydrogen) atoms. The lowest BCUT2D eigenvalue weighted by Crippen LogP contribution is -1.95. The van der Waals surface area contributed by atoms with Crippen LogP contribution in [-0.2, 0) is 0 Å². The Bertz CT molecular complexity index is 467. The predicted molar refractivity (Wildman–Crippen MR) is 65.6 cm³/mol. The van der Waals surface area contributed by atoms with Gasteiger partial charge in [-0.2, -0.15) is 0 Å². The molecule has 80 valence electrons. The van der Waals surface area contributed by atoms with Crippen molar-refractivity contribution in [1.82, 2.24) is 13.9 Å². The van der Waals surface area contributed by atoms with Crippen molar-refractivity contribution < 1.29 is 0 Å². The average Bonchev–Trinajstić information content (AvgIpc) is 2.17. The fourth-order valence-electron chi connectivity index (χ4n) is 1.16. The van der Waals surface area contributed by atoms with E-state index in [2.05, 4.69) is 40.8 Å². The number of aryl methyl sites for hydroxylation is 1. The molecule has 0 saturated heterocycles. The molecule has 3 nitrogen and oxygen atoms in total. The van der Waals surface area contributed by atoms with Gasteiger partial charge in [0.15, 0.2) is 5.15 Å². The highest BCUT2D eigenvalue weighted by Crippen LogP contribution is 2.28. The van der Waals surface area contributed by atoms with Crippen LogP contribution in [0.2, 0.25) is 5.15 Å². The Morgan fingerprint density at radius 1 is 1.27 bits per heavy atom. The van der Waals surface area contributed by atoms with Crippen LogP contribution in [-0.4, -0.2) is 13.9 Å². The molecule has 1 aromatic heterocycles. The molecule has 0 amide bonds. The topological polar surface area (TPSA) is 36.5 Å². The van der Waals surface area contributed by atoms with Crippen molar-refractivity contribution in [3.8, 4) is 4.90 Å². The van der Waals surface area contributed by atoms with Crippen molar-refractivity contribution >= 4 is 34.0 Å². The lowest BCUT2D eigenvalue weighted by Gasteiger charge is -1.97. The number of hydrogen-bond acceptors (Lipinski definition) is 0. The first-order valence-electron chi connectivity index (χ1n) is 4.31. The van der Waals surface area contributed by atoms with Crippen molar-refractivity contribution in [3.63, 3.8) is 0 Å². The molecule has 2 N–H and O–H groups in total. The molecule has 0 bridgehead atoms. The van der Waals surface area contributed by atoms with Crippen molar-refractivity contribution in [2.45, 2.75) is 6.92 Å². The molecule has 6 heteroatoms. The average molecular weight is 263 g/mol. The summed E-state index contributed by atoms with van der Waals surface area (Å²) < 4.78 is 4.28. The Balaban J connectivity index is 2.49. The van der Waals surface area contributed by atoms with Crippen LogP contribution in [0.15, 0.2) is 29.6 Å². The van der Waals surface area contributed by atoms with E-state index in [4.69, 9.17) is 23.4 Å². The van der Waals surface area contributed by atoms with Crippen molar-refractivity contribution in [2.75, 3.05) is 0 Å². The fourth-order valence-corrected chi connectivity index (χ4v) is 3.08. The fraction of sp³-hybridized carbons (Fsp3) is 0.111. The SMILES string of the molecule is Cc1ccc(-[s+]2cc(Cl)[nH]n(Cl)[nH]2)cc1. The van der Waals surface area contributed by atoms with Crippen LogP contribution in [0.4, 0.5) is 0 Å². The summed E-state index contributed by atoms with van der Waals surface area (Å²) >= 11 is 11.7. The number of H-pyrrole nitrogens is 2. The summed E-state index contributed by atoms with van der Waals surface area (Å²) in [6.07, 6.45) is 0. The summed E-state index contributed by atoms with van der Waals surface area (Å²) in [5.74, 6) is 0. The van der Waals surface area contributed by atoms with Gasteiger partial charge in [-0.1, -0.05) is 38.1 Å². The molecule has 1 heterocycles.